The second kappa shape index (κ2) is 7.70. The van der Waals surface area contributed by atoms with Gasteiger partial charge in [0.25, 0.3) is 0 Å². The summed E-state index contributed by atoms with van der Waals surface area (Å²) in [4.78, 5) is 11.6. The second-order valence-electron chi connectivity index (χ2n) is 4.58. The van der Waals surface area contributed by atoms with Gasteiger partial charge in [-0.2, -0.15) is 0 Å². The van der Waals surface area contributed by atoms with Crippen molar-refractivity contribution in [1.29, 1.82) is 0 Å². The van der Waals surface area contributed by atoms with Gasteiger partial charge in [0.1, 0.15) is 6.10 Å². The molecule has 0 aromatic heterocycles. The van der Waals surface area contributed by atoms with E-state index in [0.717, 1.165) is 31.2 Å². The van der Waals surface area contributed by atoms with E-state index >= 15 is 0 Å². The van der Waals surface area contributed by atoms with Gasteiger partial charge in [-0.05, 0) is 25.3 Å². The van der Waals surface area contributed by atoms with Crippen molar-refractivity contribution in [1.82, 2.24) is 0 Å². The molecule has 0 fully saturated rings. The number of carbonyl (C=O) groups is 1. The topological polar surface area (TPSA) is 26.3 Å². The highest BCUT2D eigenvalue weighted by atomic mass is 16.5. The Morgan fingerprint density at radius 3 is 2.50 bits per heavy atom. The number of ether oxygens (including phenoxy) is 1. The Bertz CT molecular complexity index is 381. The van der Waals surface area contributed by atoms with Crippen LogP contribution < -0.4 is 0 Å². The minimum Gasteiger partial charge on any atom is -0.454 e. The first-order chi connectivity index (χ1) is 8.65. The van der Waals surface area contributed by atoms with Crippen LogP contribution in [0.5, 0.6) is 0 Å². The summed E-state index contributed by atoms with van der Waals surface area (Å²) in [7, 11) is 0. The molecule has 0 N–H and O–H groups in total. The molecule has 1 atom stereocenters. The lowest BCUT2D eigenvalue weighted by Crippen LogP contribution is -2.12. The van der Waals surface area contributed by atoms with Gasteiger partial charge in [-0.25, -0.2) is 4.79 Å². The number of hydrogen-bond acceptors (Lipinski definition) is 2. The Labute approximate surface area is 110 Å². The summed E-state index contributed by atoms with van der Waals surface area (Å²) in [6.45, 7) is 7.46. The van der Waals surface area contributed by atoms with Crippen molar-refractivity contribution >= 4 is 5.97 Å². The van der Waals surface area contributed by atoms with Crippen molar-refractivity contribution in [2.24, 2.45) is 0 Å². The van der Waals surface area contributed by atoms with Crippen LogP contribution in [0.25, 0.3) is 0 Å². The van der Waals surface area contributed by atoms with Crippen molar-refractivity contribution < 1.29 is 9.53 Å². The molecule has 2 nitrogen and oxygen atoms in total. The zero-order valence-corrected chi connectivity index (χ0v) is 11.3. The van der Waals surface area contributed by atoms with Gasteiger partial charge in [0.15, 0.2) is 0 Å². The number of unbranched alkanes of at least 4 members (excludes halogenated alkanes) is 2. The second-order valence-corrected chi connectivity index (χ2v) is 4.58. The molecule has 1 aromatic carbocycles. The van der Waals surface area contributed by atoms with Gasteiger partial charge >= 0.3 is 5.97 Å². The van der Waals surface area contributed by atoms with Gasteiger partial charge < -0.3 is 4.74 Å². The highest BCUT2D eigenvalue weighted by Crippen LogP contribution is 2.24. The van der Waals surface area contributed by atoms with Crippen LogP contribution in [-0.2, 0) is 9.53 Å². The normalized spacial score (nSPS) is 11.9. The summed E-state index contributed by atoms with van der Waals surface area (Å²) in [6, 6.07) is 9.91. The molecule has 0 aliphatic carbocycles. The first kappa shape index (κ1) is 14.5. The van der Waals surface area contributed by atoms with Crippen molar-refractivity contribution in [3.8, 4) is 0 Å². The van der Waals surface area contributed by atoms with Crippen LogP contribution in [-0.4, -0.2) is 5.97 Å². The monoisotopic (exact) mass is 246 g/mol. The summed E-state index contributed by atoms with van der Waals surface area (Å²) >= 11 is 0. The van der Waals surface area contributed by atoms with Crippen LogP contribution in [0.1, 0.15) is 51.2 Å². The number of benzene rings is 1. The third kappa shape index (κ3) is 4.74. The van der Waals surface area contributed by atoms with Gasteiger partial charge in [0.2, 0.25) is 0 Å². The molecular weight excluding hydrogens is 224 g/mol. The van der Waals surface area contributed by atoms with Crippen LogP contribution in [0.15, 0.2) is 42.5 Å². The predicted molar refractivity (Wildman–Crippen MR) is 74.2 cm³/mol. The molecule has 18 heavy (non-hydrogen) atoms. The molecule has 98 valence electrons. The molecule has 0 aliphatic heterocycles. The minimum atomic E-state index is -0.305. The Balaban J connectivity index is 2.69. The van der Waals surface area contributed by atoms with E-state index in [1.807, 2.05) is 30.3 Å². The summed E-state index contributed by atoms with van der Waals surface area (Å²) in [5.41, 5.74) is 1.51. The molecule has 0 bridgehead atoms. The van der Waals surface area contributed by atoms with E-state index in [4.69, 9.17) is 4.74 Å². The summed E-state index contributed by atoms with van der Waals surface area (Å²) < 4.78 is 5.51. The average molecular weight is 246 g/mol. The maximum atomic E-state index is 11.6. The van der Waals surface area contributed by atoms with Crippen molar-refractivity contribution in [2.75, 3.05) is 0 Å². The molecule has 0 amide bonds. The lowest BCUT2D eigenvalue weighted by Gasteiger charge is -2.18. The van der Waals surface area contributed by atoms with Gasteiger partial charge in [0, 0.05) is 5.57 Å². The number of hydrogen-bond donors (Lipinski definition) is 0. The average Bonchev–Trinajstić information content (AvgIpc) is 2.38. The third-order valence-electron chi connectivity index (χ3n) is 2.84. The van der Waals surface area contributed by atoms with Crippen molar-refractivity contribution in [2.45, 2.75) is 45.6 Å². The summed E-state index contributed by atoms with van der Waals surface area (Å²) in [6.07, 6.45) is 4.11. The molecule has 0 aliphatic rings. The Morgan fingerprint density at radius 1 is 1.28 bits per heavy atom. The summed E-state index contributed by atoms with van der Waals surface area (Å²) in [5, 5.41) is 0. The van der Waals surface area contributed by atoms with E-state index in [1.54, 1.807) is 6.92 Å². The lowest BCUT2D eigenvalue weighted by molar-refractivity contribution is -0.145. The smallest absolute Gasteiger partial charge is 0.333 e. The van der Waals surface area contributed by atoms with E-state index in [9.17, 15) is 4.79 Å². The Morgan fingerprint density at radius 2 is 1.94 bits per heavy atom. The van der Waals surface area contributed by atoms with Crippen LogP contribution in [0.4, 0.5) is 0 Å². The predicted octanol–water partition coefficient (Wildman–Crippen LogP) is 4.43. The lowest BCUT2D eigenvalue weighted by atomic mass is 10.0. The molecule has 0 spiro atoms. The van der Waals surface area contributed by atoms with Gasteiger partial charge in [-0.3, -0.25) is 0 Å². The zero-order chi connectivity index (χ0) is 13.4. The van der Waals surface area contributed by atoms with Crippen LogP contribution in [0.3, 0.4) is 0 Å². The molecule has 0 radical (unpaired) electrons. The van der Waals surface area contributed by atoms with E-state index in [1.165, 1.54) is 0 Å². The largest absolute Gasteiger partial charge is 0.454 e. The van der Waals surface area contributed by atoms with E-state index < -0.39 is 0 Å². The van der Waals surface area contributed by atoms with Crippen molar-refractivity contribution in [3.63, 3.8) is 0 Å². The maximum Gasteiger partial charge on any atom is 0.333 e. The molecule has 0 heterocycles. The highest BCUT2D eigenvalue weighted by molar-refractivity contribution is 5.87. The SMILES string of the molecule is C=C(C)C(=O)OC(CCCCC)c1ccccc1. The maximum absolute atomic E-state index is 11.6. The molecule has 1 aromatic rings. The van der Waals surface area contributed by atoms with Gasteiger partial charge in [-0.15, -0.1) is 0 Å². The Hall–Kier alpha value is -1.57. The molecule has 1 unspecified atom stereocenters. The standard InChI is InChI=1S/C16H22O2/c1-4-5-7-12-15(18-16(17)13(2)3)14-10-8-6-9-11-14/h6,8-11,15H,2,4-5,7,12H2,1,3H3. The third-order valence-corrected chi connectivity index (χ3v) is 2.84. The molecule has 0 saturated heterocycles. The van der Waals surface area contributed by atoms with Crippen LogP contribution in [0, 0.1) is 0 Å². The molecular formula is C16H22O2. The number of esters is 1. The first-order valence-electron chi connectivity index (χ1n) is 6.56. The van der Waals surface area contributed by atoms with Gasteiger partial charge in [0.05, 0.1) is 0 Å². The fraction of sp³-hybridized carbons (Fsp3) is 0.438. The van der Waals surface area contributed by atoms with Gasteiger partial charge in [-0.1, -0.05) is 56.7 Å². The first-order valence-corrected chi connectivity index (χ1v) is 6.56. The quantitative estimate of drug-likeness (QED) is 0.404. The molecule has 1 rings (SSSR count). The van der Waals surface area contributed by atoms with Crippen LogP contribution >= 0.6 is 0 Å². The summed E-state index contributed by atoms with van der Waals surface area (Å²) in [5.74, 6) is -0.305. The minimum absolute atomic E-state index is 0.151. The van der Waals surface area contributed by atoms with E-state index in [2.05, 4.69) is 13.5 Å². The van der Waals surface area contributed by atoms with E-state index in [0.29, 0.717) is 5.57 Å². The highest BCUT2D eigenvalue weighted by Gasteiger charge is 2.16. The zero-order valence-electron chi connectivity index (χ0n) is 11.3. The molecule has 2 heteroatoms. The van der Waals surface area contributed by atoms with Crippen molar-refractivity contribution in [3.05, 3.63) is 48.0 Å². The van der Waals surface area contributed by atoms with Crippen LogP contribution in [0.2, 0.25) is 0 Å². The fourth-order valence-corrected chi connectivity index (χ4v) is 1.77. The molecule has 0 saturated carbocycles. The number of rotatable bonds is 7. The Kier molecular flexibility index (Phi) is 6.20. The number of carbonyl (C=O) groups excluding carboxylic acids is 1. The fourth-order valence-electron chi connectivity index (χ4n) is 1.77. The van der Waals surface area contributed by atoms with E-state index in [-0.39, 0.29) is 12.1 Å².